The van der Waals surface area contributed by atoms with Crippen LogP contribution in [-0.4, -0.2) is 32.0 Å². The van der Waals surface area contributed by atoms with Gasteiger partial charge in [-0.15, -0.1) is 0 Å². The minimum absolute atomic E-state index is 0.0279. The van der Waals surface area contributed by atoms with E-state index in [0.29, 0.717) is 0 Å². The number of carbonyl (C=O) groups is 1. The van der Waals surface area contributed by atoms with Crippen LogP contribution in [0.3, 0.4) is 0 Å². The zero-order valence-electron chi connectivity index (χ0n) is 12.9. The van der Waals surface area contributed by atoms with E-state index in [4.69, 9.17) is 0 Å². The molecule has 2 atom stereocenters. The molecule has 1 aliphatic carbocycles. The van der Waals surface area contributed by atoms with E-state index < -0.39 is 0 Å². The highest BCUT2D eigenvalue weighted by Crippen LogP contribution is 2.26. The number of benzene rings is 2. The van der Waals surface area contributed by atoms with Gasteiger partial charge in [0.05, 0.1) is 6.04 Å². The van der Waals surface area contributed by atoms with Crippen molar-refractivity contribution >= 4 is 17.2 Å². The van der Waals surface area contributed by atoms with E-state index in [2.05, 4.69) is 21.9 Å². The van der Waals surface area contributed by atoms with Crippen LogP contribution in [0.2, 0.25) is 0 Å². The molecule has 0 unspecified atom stereocenters. The van der Waals surface area contributed by atoms with Crippen LogP contribution in [0.25, 0.3) is 0 Å². The van der Waals surface area contributed by atoms with E-state index >= 15 is 0 Å². The number of hydrogen-bond donors (Lipinski definition) is 0. The quantitative estimate of drug-likeness (QED) is 0.865. The van der Waals surface area contributed by atoms with E-state index in [0.717, 1.165) is 11.4 Å². The van der Waals surface area contributed by atoms with Gasteiger partial charge in [0.1, 0.15) is 6.04 Å². The molecule has 3 rings (SSSR count). The van der Waals surface area contributed by atoms with Gasteiger partial charge >= 0.3 is 0 Å². The van der Waals surface area contributed by atoms with E-state index in [1.807, 2.05) is 68.7 Å². The second-order valence-corrected chi connectivity index (χ2v) is 5.59. The maximum atomic E-state index is 12.4. The summed E-state index contributed by atoms with van der Waals surface area (Å²) >= 11 is 0. The summed E-state index contributed by atoms with van der Waals surface area (Å²) < 4.78 is 0. The molecular formula is C19H20N2O. The zero-order valence-corrected chi connectivity index (χ0v) is 12.9. The van der Waals surface area contributed by atoms with Crippen LogP contribution in [0.1, 0.15) is 0 Å². The third-order valence-corrected chi connectivity index (χ3v) is 4.26. The van der Waals surface area contributed by atoms with Crippen molar-refractivity contribution in [1.29, 1.82) is 0 Å². The van der Waals surface area contributed by atoms with Crippen LogP contribution in [0.5, 0.6) is 0 Å². The Morgan fingerprint density at radius 3 is 1.82 bits per heavy atom. The molecule has 0 N–H and O–H groups in total. The summed E-state index contributed by atoms with van der Waals surface area (Å²) in [5.41, 5.74) is 2.16. The molecule has 1 aliphatic rings. The lowest BCUT2D eigenvalue weighted by Gasteiger charge is -2.36. The molecule has 0 saturated heterocycles. The summed E-state index contributed by atoms with van der Waals surface area (Å²) in [6.07, 6.45) is 3.70. The van der Waals surface area contributed by atoms with Gasteiger partial charge in [-0.3, -0.25) is 4.79 Å². The van der Waals surface area contributed by atoms with Crippen LogP contribution >= 0.6 is 0 Å². The molecule has 0 amide bonds. The summed E-state index contributed by atoms with van der Waals surface area (Å²) in [5.74, 6) is 0.152. The summed E-state index contributed by atoms with van der Waals surface area (Å²) in [5, 5.41) is 0. The monoisotopic (exact) mass is 292 g/mol. The standard InChI is InChI=1S/C19H20N2O/c1-20(15-9-5-3-6-10-15)17-13-14-18(22)19(17)21(2)16-11-7-4-8-12-16/h3-14,17,19H,1-2H3/t17-,19+/m0/s1. The second-order valence-electron chi connectivity index (χ2n) is 5.59. The van der Waals surface area contributed by atoms with Gasteiger partial charge in [0.15, 0.2) is 5.78 Å². The van der Waals surface area contributed by atoms with Gasteiger partial charge in [0, 0.05) is 25.5 Å². The maximum Gasteiger partial charge on any atom is 0.180 e. The molecule has 2 aromatic carbocycles. The van der Waals surface area contributed by atoms with Crippen molar-refractivity contribution < 1.29 is 4.79 Å². The number of para-hydroxylation sites is 2. The van der Waals surface area contributed by atoms with Gasteiger partial charge in [-0.25, -0.2) is 0 Å². The van der Waals surface area contributed by atoms with Gasteiger partial charge in [-0.2, -0.15) is 0 Å². The van der Waals surface area contributed by atoms with Crippen molar-refractivity contribution in [3.63, 3.8) is 0 Å². The minimum Gasteiger partial charge on any atom is -0.366 e. The van der Waals surface area contributed by atoms with E-state index in [1.54, 1.807) is 6.08 Å². The Morgan fingerprint density at radius 2 is 1.27 bits per heavy atom. The Bertz CT molecular complexity index is 666. The van der Waals surface area contributed by atoms with E-state index in [1.165, 1.54) is 0 Å². The largest absolute Gasteiger partial charge is 0.366 e. The van der Waals surface area contributed by atoms with Crippen molar-refractivity contribution in [3.05, 3.63) is 72.8 Å². The van der Waals surface area contributed by atoms with Crippen molar-refractivity contribution in [2.24, 2.45) is 0 Å². The number of anilines is 2. The fourth-order valence-corrected chi connectivity index (χ4v) is 2.99. The Morgan fingerprint density at radius 1 is 0.773 bits per heavy atom. The average Bonchev–Trinajstić information content (AvgIpc) is 2.96. The number of ketones is 1. The van der Waals surface area contributed by atoms with Crippen molar-refractivity contribution in [2.75, 3.05) is 23.9 Å². The lowest BCUT2D eigenvalue weighted by molar-refractivity contribution is -0.115. The van der Waals surface area contributed by atoms with Crippen LogP contribution < -0.4 is 9.80 Å². The Balaban J connectivity index is 1.88. The van der Waals surface area contributed by atoms with Crippen molar-refractivity contribution in [1.82, 2.24) is 0 Å². The summed E-state index contributed by atoms with van der Waals surface area (Å²) in [6, 6.07) is 20.0. The summed E-state index contributed by atoms with van der Waals surface area (Å²) in [6.45, 7) is 0. The van der Waals surface area contributed by atoms with Gasteiger partial charge in [0.25, 0.3) is 0 Å². The molecule has 0 bridgehead atoms. The fourth-order valence-electron chi connectivity index (χ4n) is 2.99. The first-order chi connectivity index (χ1) is 10.7. The highest BCUT2D eigenvalue weighted by molar-refractivity contribution is 6.00. The molecule has 0 saturated carbocycles. The molecule has 0 fully saturated rings. The third kappa shape index (κ3) is 2.62. The van der Waals surface area contributed by atoms with E-state index in [9.17, 15) is 4.79 Å². The number of likely N-dealkylation sites (N-methyl/N-ethyl adjacent to an activating group) is 2. The smallest absolute Gasteiger partial charge is 0.180 e. The van der Waals surface area contributed by atoms with E-state index in [-0.39, 0.29) is 17.9 Å². The van der Waals surface area contributed by atoms with Crippen LogP contribution in [0.4, 0.5) is 11.4 Å². The predicted molar refractivity (Wildman–Crippen MR) is 91.4 cm³/mol. The molecular weight excluding hydrogens is 272 g/mol. The maximum absolute atomic E-state index is 12.4. The number of rotatable bonds is 4. The lowest BCUT2D eigenvalue weighted by atomic mass is 10.1. The molecule has 0 spiro atoms. The van der Waals surface area contributed by atoms with Gasteiger partial charge in [-0.05, 0) is 30.3 Å². The Labute approximate surface area is 131 Å². The number of carbonyl (C=O) groups excluding carboxylic acids is 1. The third-order valence-electron chi connectivity index (χ3n) is 4.26. The highest BCUT2D eigenvalue weighted by atomic mass is 16.1. The SMILES string of the molecule is CN(c1ccccc1)[C@H]1C=CC(=O)[C@@H]1N(C)c1ccccc1. The molecule has 0 aliphatic heterocycles. The number of nitrogens with zero attached hydrogens (tertiary/aromatic N) is 2. The van der Waals surface area contributed by atoms with Crippen LogP contribution in [0, 0.1) is 0 Å². The highest BCUT2D eigenvalue weighted by Gasteiger charge is 2.36. The summed E-state index contributed by atoms with van der Waals surface area (Å²) in [7, 11) is 4.02. The molecule has 0 aromatic heterocycles. The predicted octanol–water partition coefficient (Wildman–Crippen LogP) is 3.14. The van der Waals surface area contributed by atoms with Gasteiger partial charge in [-0.1, -0.05) is 42.5 Å². The Kier molecular flexibility index (Phi) is 3.96. The van der Waals surface area contributed by atoms with Gasteiger partial charge < -0.3 is 9.80 Å². The Hall–Kier alpha value is -2.55. The normalized spacial score (nSPS) is 20.2. The molecule has 22 heavy (non-hydrogen) atoms. The zero-order chi connectivity index (χ0) is 15.5. The minimum atomic E-state index is -0.201. The summed E-state index contributed by atoms with van der Waals surface area (Å²) in [4.78, 5) is 16.6. The molecule has 2 aromatic rings. The molecule has 0 heterocycles. The van der Waals surface area contributed by atoms with Crippen LogP contribution in [0.15, 0.2) is 72.8 Å². The van der Waals surface area contributed by atoms with Crippen molar-refractivity contribution in [2.45, 2.75) is 12.1 Å². The molecule has 3 heteroatoms. The van der Waals surface area contributed by atoms with Gasteiger partial charge in [0.2, 0.25) is 0 Å². The van der Waals surface area contributed by atoms with Crippen LogP contribution in [-0.2, 0) is 4.79 Å². The second kappa shape index (κ2) is 6.06. The van der Waals surface area contributed by atoms with Crippen molar-refractivity contribution in [3.8, 4) is 0 Å². The first-order valence-electron chi connectivity index (χ1n) is 7.46. The lowest BCUT2D eigenvalue weighted by Crippen LogP contribution is -2.50. The first kappa shape index (κ1) is 14.4. The number of hydrogen-bond acceptors (Lipinski definition) is 3. The molecule has 0 radical (unpaired) electrons. The first-order valence-corrected chi connectivity index (χ1v) is 7.46. The molecule has 3 nitrogen and oxygen atoms in total. The molecule has 112 valence electrons. The fraction of sp³-hybridized carbons (Fsp3) is 0.211. The topological polar surface area (TPSA) is 23.6 Å². The average molecular weight is 292 g/mol.